The number of aliphatic hydroxyl groups excluding tert-OH is 1. The Morgan fingerprint density at radius 1 is 1.38 bits per heavy atom. The minimum Gasteiger partial charge on any atom is -0.393 e. The van der Waals surface area contributed by atoms with Crippen molar-refractivity contribution in [1.82, 2.24) is 9.97 Å². The third-order valence-electron chi connectivity index (χ3n) is 2.87. The van der Waals surface area contributed by atoms with Gasteiger partial charge in [-0.25, -0.2) is 9.97 Å². The van der Waals surface area contributed by atoms with Crippen molar-refractivity contribution >= 4 is 11.6 Å². The number of nitrogens with one attached hydrogen (secondary N) is 1. The minimum absolute atomic E-state index is 0.150. The fraction of sp³-hybridized carbons (Fsp3) is 0.636. The van der Waals surface area contributed by atoms with Crippen molar-refractivity contribution in [2.45, 2.75) is 25.9 Å². The van der Waals surface area contributed by atoms with Crippen molar-refractivity contribution in [2.24, 2.45) is 0 Å². The predicted molar refractivity (Wildman–Crippen MR) is 63.8 cm³/mol. The molecule has 1 aromatic heterocycles. The third kappa shape index (κ3) is 2.41. The Balaban J connectivity index is 2.16. The van der Waals surface area contributed by atoms with Gasteiger partial charge in [-0.2, -0.15) is 0 Å². The lowest BCUT2D eigenvalue weighted by Crippen LogP contribution is -2.36. The molecule has 0 atom stereocenters. The van der Waals surface area contributed by atoms with Crippen LogP contribution in [-0.4, -0.2) is 41.3 Å². The van der Waals surface area contributed by atoms with E-state index >= 15 is 0 Å². The molecular weight excluding hydrogens is 204 g/mol. The molecule has 88 valence electrons. The largest absolute Gasteiger partial charge is 0.393 e. The van der Waals surface area contributed by atoms with Gasteiger partial charge in [0.15, 0.2) is 0 Å². The molecule has 2 rings (SSSR count). The number of hydrogen-bond donors (Lipinski definition) is 2. The van der Waals surface area contributed by atoms with E-state index in [-0.39, 0.29) is 6.10 Å². The van der Waals surface area contributed by atoms with E-state index in [1.807, 2.05) is 20.0 Å². The highest BCUT2D eigenvalue weighted by molar-refractivity contribution is 5.49. The quantitative estimate of drug-likeness (QED) is 0.774. The number of rotatable bonds is 2. The molecule has 0 saturated carbocycles. The lowest BCUT2D eigenvalue weighted by molar-refractivity contribution is 0.145. The van der Waals surface area contributed by atoms with Crippen LogP contribution >= 0.6 is 0 Å². The molecule has 0 amide bonds. The van der Waals surface area contributed by atoms with Crippen LogP contribution in [0.4, 0.5) is 11.6 Å². The first-order chi connectivity index (χ1) is 7.69. The Bertz CT molecular complexity index is 361. The molecule has 0 bridgehead atoms. The zero-order valence-corrected chi connectivity index (χ0v) is 9.77. The van der Waals surface area contributed by atoms with Gasteiger partial charge in [-0.05, 0) is 19.8 Å². The maximum atomic E-state index is 9.46. The van der Waals surface area contributed by atoms with Crippen molar-refractivity contribution in [3.05, 3.63) is 11.9 Å². The van der Waals surface area contributed by atoms with Crippen molar-refractivity contribution in [3.63, 3.8) is 0 Å². The molecule has 5 nitrogen and oxygen atoms in total. The van der Waals surface area contributed by atoms with E-state index in [9.17, 15) is 5.11 Å². The number of aliphatic hydroxyl groups is 1. The molecular formula is C11H18N4O. The third-order valence-corrected chi connectivity index (χ3v) is 2.87. The van der Waals surface area contributed by atoms with E-state index in [0.717, 1.165) is 43.4 Å². The molecule has 1 saturated heterocycles. The minimum atomic E-state index is -0.150. The van der Waals surface area contributed by atoms with Crippen LogP contribution in [0.15, 0.2) is 6.07 Å². The summed E-state index contributed by atoms with van der Waals surface area (Å²) in [5.74, 6) is 2.56. The van der Waals surface area contributed by atoms with Crippen LogP contribution in [0.5, 0.6) is 0 Å². The van der Waals surface area contributed by atoms with Gasteiger partial charge in [-0.3, -0.25) is 0 Å². The van der Waals surface area contributed by atoms with Gasteiger partial charge in [0.05, 0.1) is 6.10 Å². The molecule has 0 spiro atoms. The highest BCUT2D eigenvalue weighted by Crippen LogP contribution is 2.20. The van der Waals surface area contributed by atoms with E-state index in [4.69, 9.17) is 0 Å². The molecule has 1 fully saturated rings. The lowest BCUT2D eigenvalue weighted by Gasteiger charge is -2.30. The summed E-state index contributed by atoms with van der Waals surface area (Å²) in [6.07, 6.45) is 1.48. The molecule has 0 unspecified atom stereocenters. The summed E-state index contributed by atoms with van der Waals surface area (Å²) in [5.41, 5.74) is 0. The number of nitrogens with zero attached hydrogens (tertiary/aromatic N) is 3. The van der Waals surface area contributed by atoms with E-state index in [0.29, 0.717) is 0 Å². The van der Waals surface area contributed by atoms with E-state index in [1.54, 1.807) is 0 Å². The second-order valence-electron chi connectivity index (χ2n) is 4.13. The first-order valence-electron chi connectivity index (χ1n) is 5.65. The second-order valence-corrected chi connectivity index (χ2v) is 4.13. The Morgan fingerprint density at radius 3 is 2.69 bits per heavy atom. The van der Waals surface area contributed by atoms with Crippen LogP contribution in [0.25, 0.3) is 0 Å². The standard InChI is InChI=1S/C11H18N4O/c1-8-13-10(12-2)7-11(14-8)15-5-3-9(16)4-6-15/h7,9,16H,3-6H2,1-2H3,(H,12,13,14). The van der Waals surface area contributed by atoms with Crippen LogP contribution in [0.1, 0.15) is 18.7 Å². The van der Waals surface area contributed by atoms with Gasteiger partial charge in [0.1, 0.15) is 17.5 Å². The fourth-order valence-corrected chi connectivity index (χ4v) is 1.94. The summed E-state index contributed by atoms with van der Waals surface area (Å²) >= 11 is 0. The zero-order valence-electron chi connectivity index (χ0n) is 9.77. The number of aryl methyl sites for hydroxylation is 1. The summed E-state index contributed by atoms with van der Waals surface area (Å²) < 4.78 is 0. The van der Waals surface area contributed by atoms with Gasteiger partial charge in [0.2, 0.25) is 0 Å². The van der Waals surface area contributed by atoms with Crippen molar-refractivity contribution in [3.8, 4) is 0 Å². The first kappa shape index (κ1) is 11.1. The number of piperidine rings is 1. The summed E-state index contributed by atoms with van der Waals surface area (Å²) in [4.78, 5) is 10.9. The molecule has 1 aliphatic heterocycles. The Kier molecular flexibility index (Phi) is 3.24. The van der Waals surface area contributed by atoms with Gasteiger partial charge < -0.3 is 15.3 Å². The number of hydrogen-bond acceptors (Lipinski definition) is 5. The molecule has 1 aliphatic rings. The normalized spacial score (nSPS) is 17.6. The van der Waals surface area contributed by atoms with Crippen molar-refractivity contribution < 1.29 is 5.11 Å². The second kappa shape index (κ2) is 4.65. The molecule has 0 aliphatic carbocycles. The van der Waals surface area contributed by atoms with Gasteiger partial charge in [-0.1, -0.05) is 0 Å². The van der Waals surface area contributed by atoms with Crippen LogP contribution in [0.2, 0.25) is 0 Å². The smallest absolute Gasteiger partial charge is 0.134 e. The average molecular weight is 222 g/mol. The molecule has 0 radical (unpaired) electrons. The zero-order chi connectivity index (χ0) is 11.5. The maximum absolute atomic E-state index is 9.46. The van der Waals surface area contributed by atoms with E-state index in [2.05, 4.69) is 20.2 Å². The first-order valence-corrected chi connectivity index (χ1v) is 5.65. The molecule has 2 heterocycles. The summed E-state index contributed by atoms with van der Waals surface area (Å²) in [6, 6.07) is 1.95. The number of anilines is 2. The monoisotopic (exact) mass is 222 g/mol. The van der Waals surface area contributed by atoms with Crippen LogP contribution in [0, 0.1) is 6.92 Å². The summed E-state index contributed by atoms with van der Waals surface area (Å²) in [6.45, 7) is 3.62. The molecule has 5 heteroatoms. The van der Waals surface area contributed by atoms with Crippen LogP contribution in [0.3, 0.4) is 0 Å². The Hall–Kier alpha value is -1.36. The maximum Gasteiger partial charge on any atom is 0.134 e. The highest BCUT2D eigenvalue weighted by Gasteiger charge is 2.18. The summed E-state index contributed by atoms with van der Waals surface area (Å²) in [7, 11) is 1.85. The van der Waals surface area contributed by atoms with E-state index in [1.165, 1.54) is 0 Å². The predicted octanol–water partition coefficient (Wildman–Crippen LogP) is 0.788. The highest BCUT2D eigenvalue weighted by atomic mass is 16.3. The molecule has 1 aromatic rings. The lowest BCUT2D eigenvalue weighted by atomic mass is 10.1. The van der Waals surface area contributed by atoms with Gasteiger partial charge in [-0.15, -0.1) is 0 Å². The van der Waals surface area contributed by atoms with Crippen molar-refractivity contribution in [2.75, 3.05) is 30.4 Å². The summed E-state index contributed by atoms with van der Waals surface area (Å²) in [5, 5.41) is 12.5. The Labute approximate surface area is 95.5 Å². The van der Waals surface area contributed by atoms with Crippen molar-refractivity contribution in [1.29, 1.82) is 0 Å². The van der Waals surface area contributed by atoms with Crippen LogP contribution < -0.4 is 10.2 Å². The SMILES string of the molecule is CNc1cc(N2CCC(O)CC2)nc(C)n1. The van der Waals surface area contributed by atoms with Crippen LogP contribution in [-0.2, 0) is 0 Å². The molecule has 16 heavy (non-hydrogen) atoms. The topological polar surface area (TPSA) is 61.3 Å². The molecule has 2 N–H and O–H groups in total. The Morgan fingerprint density at radius 2 is 2.06 bits per heavy atom. The number of aromatic nitrogens is 2. The van der Waals surface area contributed by atoms with E-state index < -0.39 is 0 Å². The average Bonchev–Trinajstić information content (AvgIpc) is 2.29. The van der Waals surface area contributed by atoms with Gasteiger partial charge >= 0.3 is 0 Å². The van der Waals surface area contributed by atoms with Gasteiger partial charge in [0, 0.05) is 26.2 Å². The fourth-order valence-electron chi connectivity index (χ4n) is 1.94. The van der Waals surface area contributed by atoms with Gasteiger partial charge in [0.25, 0.3) is 0 Å². The molecule has 0 aromatic carbocycles.